The van der Waals surface area contributed by atoms with Crippen molar-refractivity contribution in [1.82, 2.24) is 0 Å². The maximum atomic E-state index is 9.95. The first kappa shape index (κ1) is 14.4. The molecule has 6 heteroatoms. The summed E-state index contributed by atoms with van der Waals surface area (Å²) in [5.41, 5.74) is 0. The van der Waals surface area contributed by atoms with E-state index in [2.05, 4.69) is 4.18 Å². The molecule has 0 amide bonds. The van der Waals surface area contributed by atoms with Gasteiger partial charge in [0.15, 0.2) is 0 Å². The second-order valence-corrected chi connectivity index (χ2v) is 3.52. The molecule has 0 aromatic heterocycles. The third-order valence-electron chi connectivity index (χ3n) is 0.927. The Labute approximate surface area is 91.0 Å². The molecule has 0 saturated carbocycles. The summed E-state index contributed by atoms with van der Waals surface area (Å²) >= 11 is 0. The summed E-state index contributed by atoms with van der Waals surface area (Å²) in [6.45, 7) is 3.93. The van der Waals surface area contributed by atoms with E-state index in [1.54, 1.807) is 0 Å². The van der Waals surface area contributed by atoms with E-state index in [1.807, 2.05) is 13.8 Å². The van der Waals surface area contributed by atoms with E-state index < -0.39 is 10.4 Å². The molecule has 0 atom stereocenters. The fraction of sp³-hybridized carbons (Fsp3) is 1.00. The molecule has 0 fully saturated rings. The van der Waals surface area contributed by atoms with Gasteiger partial charge in [0.05, 0.1) is 6.61 Å². The summed E-state index contributed by atoms with van der Waals surface area (Å²) in [4.78, 5) is 0. The van der Waals surface area contributed by atoms with Gasteiger partial charge in [0, 0.05) is 0 Å². The van der Waals surface area contributed by atoms with Crippen molar-refractivity contribution in [2.24, 2.45) is 5.92 Å². The molecule has 0 radical (unpaired) electrons. The molecule has 4 nitrogen and oxygen atoms in total. The maximum Gasteiger partial charge on any atom is 1.00 e. The number of hydrogen-bond acceptors (Lipinski definition) is 3. The molecule has 64 valence electrons. The average Bonchev–Trinajstić information content (AvgIpc) is 1.59. The molecule has 0 unspecified atom stereocenters. The Balaban J connectivity index is -0.000000405. The van der Waals surface area contributed by atoms with Crippen LogP contribution in [0.25, 0.3) is 0 Å². The Morgan fingerprint density at radius 2 is 2.00 bits per heavy atom. The average molecular weight is 192 g/mol. The van der Waals surface area contributed by atoms with Crippen LogP contribution in [0.1, 0.15) is 21.7 Å². The minimum absolute atomic E-state index is 0. The van der Waals surface area contributed by atoms with E-state index in [4.69, 9.17) is 4.55 Å². The van der Waals surface area contributed by atoms with Gasteiger partial charge in [-0.1, -0.05) is 13.8 Å². The predicted molar refractivity (Wildman–Crippen MR) is 38.1 cm³/mol. The van der Waals surface area contributed by atoms with Gasteiger partial charge in [-0.05, 0) is 12.3 Å². The SMILES string of the molecule is CC(C)CCOS(=O)(=O)O.[H-].[Na+]. The second-order valence-electron chi connectivity index (χ2n) is 2.43. The zero-order chi connectivity index (χ0) is 8.20. The Bertz CT molecular complexity index is 180. The molecule has 0 saturated heterocycles. The van der Waals surface area contributed by atoms with Crippen molar-refractivity contribution >= 4 is 10.4 Å². The van der Waals surface area contributed by atoms with Crippen LogP contribution in [0.3, 0.4) is 0 Å². The minimum Gasteiger partial charge on any atom is -1.00 e. The topological polar surface area (TPSA) is 63.6 Å². The van der Waals surface area contributed by atoms with Crippen molar-refractivity contribution in [2.45, 2.75) is 20.3 Å². The van der Waals surface area contributed by atoms with Crippen LogP contribution >= 0.6 is 0 Å². The molecule has 11 heavy (non-hydrogen) atoms. The quantitative estimate of drug-likeness (QED) is 0.412. The maximum absolute atomic E-state index is 9.95. The van der Waals surface area contributed by atoms with E-state index in [0.717, 1.165) is 0 Å². The fourth-order valence-corrected chi connectivity index (χ4v) is 0.696. The molecule has 1 N–H and O–H groups in total. The standard InChI is InChI=1S/C5H12O4S.Na.H/c1-5(2)3-4-9-10(6,7)8;;/h5H,3-4H2,1-2H3,(H,6,7,8);;/q;+1;-1. The van der Waals surface area contributed by atoms with Crippen LogP contribution in [0.4, 0.5) is 0 Å². The van der Waals surface area contributed by atoms with Crippen molar-refractivity contribution in [3.63, 3.8) is 0 Å². The summed E-state index contributed by atoms with van der Waals surface area (Å²) in [5.74, 6) is 0.377. The van der Waals surface area contributed by atoms with Crippen LogP contribution in [0.2, 0.25) is 0 Å². The van der Waals surface area contributed by atoms with Crippen molar-refractivity contribution in [3.8, 4) is 0 Å². The van der Waals surface area contributed by atoms with Gasteiger partial charge in [-0.3, -0.25) is 4.55 Å². The monoisotopic (exact) mass is 192 g/mol. The Hall–Kier alpha value is 0.870. The first-order chi connectivity index (χ1) is 4.42. The zero-order valence-corrected chi connectivity index (χ0v) is 9.89. The first-order valence-electron chi connectivity index (χ1n) is 3.03. The van der Waals surface area contributed by atoms with Crippen molar-refractivity contribution < 1.29 is 48.1 Å². The Morgan fingerprint density at radius 1 is 1.55 bits per heavy atom. The van der Waals surface area contributed by atoms with Crippen LogP contribution in [0, 0.1) is 5.92 Å². The molecule has 0 aromatic carbocycles. The third-order valence-corrected chi connectivity index (χ3v) is 1.39. The van der Waals surface area contributed by atoms with Crippen LogP contribution in [-0.2, 0) is 14.6 Å². The summed E-state index contributed by atoms with van der Waals surface area (Å²) in [6.07, 6.45) is 0.625. The molecular weight excluding hydrogens is 179 g/mol. The predicted octanol–water partition coefficient (Wildman–Crippen LogP) is -2.03. The number of rotatable bonds is 4. The van der Waals surface area contributed by atoms with Gasteiger partial charge < -0.3 is 1.43 Å². The van der Waals surface area contributed by atoms with E-state index in [0.29, 0.717) is 12.3 Å². The summed E-state index contributed by atoms with van der Waals surface area (Å²) < 4.78 is 32.0. The van der Waals surface area contributed by atoms with Gasteiger partial charge in [0.1, 0.15) is 0 Å². The third kappa shape index (κ3) is 13.8. The normalized spacial score (nSPS) is 11.3. The molecule has 0 aliphatic carbocycles. The number of hydrogen-bond donors (Lipinski definition) is 1. The molecule has 0 spiro atoms. The minimum atomic E-state index is -4.22. The molecule has 0 aliphatic rings. The molecule has 0 bridgehead atoms. The molecule has 0 heterocycles. The fourth-order valence-electron chi connectivity index (χ4n) is 0.389. The first-order valence-corrected chi connectivity index (χ1v) is 4.40. The van der Waals surface area contributed by atoms with Crippen molar-refractivity contribution in [2.75, 3.05) is 6.61 Å². The van der Waals surface area contributed by atoms with E-state index in [-0.39, 0.29) is 37.6 Å². The van der Waals surface area contributed by atoms with Crippen LogP contribution in [-0.4, -0.2) is 19.6 Å². The summed E-state index contributed by atoms with van der Waals surface area (Å²) in [5, 5.41) is 0. The van der Waals surface area contributed by atoms with Gasteiger partial charge in [-0.15, -0.1) is 0 Å². The van der Waals surface area contributed by atoms with Gasteiger partial charge in [0.2, 0.25) is 0 Å². The molecular formula is C5H13NaO4S. The van der Waals surface area contributed by atoms with E-state index >= 15 is 0 Å². The van der Waals surface area contributed by atoms with Crippen LogP contribution in [0.15, 0.2) is 0 Å². The van der Waals surface area contributed by atoms with Crippen molar-refractivity contribution in [3.05, 3.63) is 0 Å². The smallest absolute Gasteiger partial charge is 1.00 e. The van der Waals surface area contributed by atoms with Gasteiger partial charge in [-0.25, -0.2) is 4.18 Å². The van der Waals surface area contributed by atoms with Crippen LogP contribution < -0.4 is 29.6 Å². The van der Waals surface area contributed by atoms with E-state index in [1.165, 1.54) is 0 Å². The van der Waals surface area contributed by atoms with Gasteiger partial charge in [-0.2, -0.15) is 8.42 Å². The van der Waals surface area contributed by atoms with Crippen molar-refractivity contribution in [1.29, 1.82) is 0 Å². The van der Waals surface area contributed by atoms with Gasteiger partial charge in [0.25, 0.3) is 0 Å². The Kier molecular flexibility index (Phi) is 8.37. The molecule has 0 aliphatic heterocycles. The van der Waals surface area contributed by atoms with Gasteiger partial charge >= 0.3 is 40.0 Å². The molecule has 0 rings (SSSR count). The zero-order valence-electron chi connectivity index (χ0n) is 8.07. The van der Waals surface area contributed by atoms with Crippen LogP contribution in [0.5, 0.6) is 0 Å². The largest absolute Gasteiger partial charge is 1.00 e. The summed E-state index contributed by atoms with van der Waals surface area (Å²) in [6, 6.07) is 0. The molecule has 0 aromatic rings. The van der Waals surface area contributed by atoms with E-state index in [9.17, 15) is 8.42 Å². The Morgan fingerprint density at radius 3 is 2.27 bits per heavy atom. The summed E-state index contributed by atoms with van der Waals surface area (Å²) in [7, 11) is -4.22. The second kappa shape index (κ2) is 6.39.